The molecule has 2 unspecified atom stereocenters. The number of rotatable bonds is 28. The molecular formula is C40H74O18. The normalized spacial score (nSPS) is 36.9. The molecule has 3 heterocycles. The minimum atomic E-state index is -2.98. The van der Waals surface area contributed by atoms with Gasteiger partial charge in [0.25, 0.3) is 0 Å². The molecule has 11 N–H and O–H groups in total. The van der Waals surface area contributed by atoms with E-state index in [1.165, 1.54) is 83.5 Å². The third kappa shape index (κ3) is 15.0. The van der Waals surface area contributed by atoms with Crippen molar-refractivity contribution in [2.75, 3.05) is 19.8 Å². The summed E-state index contributed by atoms with van der Waals surface area (Å²) in [4.78, 5) is 13.2. The zero-order valence-electron chi connectivity index (χ0n) is 34.1. The third-order valence-corrected chi connectivity index (χ3v) is 11.4. The average Bonchev–Trinajstić information content (AvgIpc) is 3.21. The molecule has 0 aromatic carbocycles. The standard InChI is InChI=1S/C40H74O18/c1-2-3-4-5-6-7-8-9-10-11-12-13-14-15-16-17-18-19-20-21-28(44)57-40(37(51)32(48)29(45)25(22-41)56-40)58-36-27(24-43)54-39(34(50)31(36)47)55-35-26(23-42)53-38(52)33(49)30(35)46/h25-27,29-39,41-43,45-52H,2-24H2,1H3/t25-,26-,27-,29-,30-,31-,32+,33-,34-,35-,36-,37-,38+,39?,40?/m1/s1. The number of carbonyl (C=O) groups is 1. The lowest BCUT2D eigenvalue weighted by Gasteiger charge is -2.51. The number of esters is 1. The minimum Gasteiger partial charge on any atom is -0.405 e. The molecule has 3 saturated heterocycles. The van der Waals surface area contributed by atoms with Crippen molar-refractivity contribution < 1.29 is 89.4 Å². The molecule has 58 heavy (non-hydrogen) atoms. The summed E-state index contributed by atoms with van der Waals surface area (Å²) in [6.07, 6.45) is -4.13. The van der Waals surface area contributed by atoms with Gasteiger partial charge in [-0.1, -0.05) is 122 Å². The van der Waals surface area contributed by atoms with Crippen molar-refractivity contribution >= 4 is 5.97 Å². The Balaban J connectivity index is 1.48. The van der Waals surface area contributed by atoms with Gasteiger partial charge < -0.3 is 84.6 Å². The van der Waals surface area contributed by atoms with E-state index in [1.807, 2.05) is 0 Å². The van der Waals surface area contributed by atoms with Crippen LogP contribution in [-0.2, 0) is 33.2 Å². The van der Waals surface area contributed by atoms with Crippen LogP contribution in [0.3, 0.4) is 0 Å². The number of aliphatic hydroxyl groups is 11. The number of hydrogen-bond donors (Lipinski definition) is 11. The van der Waals surface area contributed by atoms with Gasteiger partial charge in [-0.05, 0) is 6.42 Å². The number of hydrogen-bond acceptors (Lipinski definition) is 18. The molecule has 3 rings (SSSR count). The summed E-state index contributed by atoms with van der Waals surface area (Å²) in [7, 11) is 0. The van der Waals surface area contributed by atoms with Crippen molar-refractivity contribution in [3.05, 3.63) is 0 Å². The van der Waals surface area contributed by atoms with Crippen molar-refractivity contribution in [3.8, 4) is 0 Å². The van der Waals surface area contributed by atoms with E-state index in [4.69, 9.17) is 28.4 Å². The highest BCUT2D eigenvalue weighted by molar-refractivity contribution is 5.69. The lowest BCUT2D eigenvalue weighted by Crippen LogP contribution is -2.71. The highest BCUT2D eigenvalue weighted by Gasteiger charge is 2.61. The van der Waals surface area contributed by atoms with E-state index < -0.39 is 118 Å². The smallest absolute Gasteiger partial charge is 0.360 e. The summed E-state index contributed by atoms with van der Waals surface area (Å²) in [6.45, 7) is -0.463. The second kappa shape index (κ2) is 27.0. The van der Waals surface area contributed by atoms with Gasteiger partial charge in [-0.2, -0.15) is 0 Å². The van der Waals surface area contributed by atoms with Crippen molar-refractivity contribution in [1.29, 1.82) is 0 Å². The Morgan fingerprint density at radius 1 is 0.517 bits per heavy atom. The van der Waals surface area contributed by atoms with Gasteiger partial charge in [0.15, 0.2) is 18.7 Å². The van der Waals surface area contributed by atoms with E-state index in [1.54, 1.807) is 0 Å². The summed E-state index contributed by atoms with van der Waals surface area (Å²) in [5.74, 6) is -3.94. The number of unbranched alkanes of at least 4 members (excludes halogenated alkanes) is 18. The van der Waals surface area contributed by atoms with Gasteiger partial charge in [0.1, 0.15) is 67.1 Å². The summed E-state index contributed by atoms with van der Waals surface area (Å²) in [5.41, 5.74) is 0. The van der Waals surface area contributed by atoms with Gasteiger partial charge in [-0.3, -0.25) is 4.79 Å². The minimum absolute atomic E-state index is 0.174. The van der Waals surface area contributed by atoms with E-state index >= 15 is 0 Å². The van der Waals surface area contributed by atoms with Gasteiger partial charge >= 0.3 is 11.9 Å². The Morgan fingerprint density at radius 3 is 1.45 bits per heavy atom. The highest BCUT2D eigenvalue weighted by atomic mass is 16.9. The quantitative estimate of drug-likeness (QED) is 0.0283. The topological polar surface area (TPSA) is 295 Å². The van der Waals surface area contributed by atoms with Crippen LogP contribution in [0, 0.1) is 0 Å². The predicted octanol–water partition coefficient (Wildman–Crippen LogP) is 0.120. The van der Waals surface area contributed by atoms with Crippen LogP contribution < -0.4 is 0 Å². The van der Waals surface area contributed by atoms with Gasteiger partial charge in [0.2, 0.25) is 0 Å². The van der Waals surface area contributed by atoms with Crippen LogP contribution in [-0.4, -0.2) is 174 Å². The number of carbonyl (C=O) groups excluding carboxylic acids is 1. The molecule has 0 aliphatic carbocycles. The zero-order chi connectivity index (χ0) is 42.7. The molecular weight excluding hydrogens is 768 g/mol. The first-order chi connectivity index (χ1) is 27.8. The van der Waals surface area contributed by atoms with Gasteiger partial charge in [0.05, 0.1) is 19.8 Å². The SMILES string of the molecule is CCCCCCCCCCCCCCCCCCCCCC(=O)OC1(O[C@H]2[C@H](O)[C@@H](O)C(O[C@H]3[C@H](O)[C@@H](O)[C@@H](O)O[C@@H]3CO)O[C@@H]2CO)O[C@H](CO)[C@@H](O)[C@H](O)[C@H]1O. The largest absolute Gasteiger partial charge is 0.405 e. The molecule has 18 heteroatoms. The van der Waals surface area contributed by atoms with Gasteiger partial charge in [-0.15, -0.1) is 0 Å². The third-order valence-electron chi connectivity index (χ3n) is 11.4. The molecule has 15 atom stereocenters. The van der Waals surface area contributed by atoms with Crippen molar-refractivity contribution in [3.63, 3.8) is 0 Å². The Labute approximate surface area is 342 Å². The van der Waals surface area contributed by atoms with Crippen LogP contribution in [0.5, 0.6) is 0 Å². The fraction of sp³-hybridized carbons (Fsp3) is 0.975. The lowest BCUT2D eigenvalue weighted by molar-refractivity contribution is -0.473. The summed E-state index contributed by atoms with van der Waals surface area (Å²) >= 11 is 0. The van der Waals surface area contributed by atoms with Crippen molar-refractivity contribution in [1.82, 2.24) is 0 Å². The number of aliphatic hydroxyl groups excluding tert-OH is 11. The molecule has 3 aliphatic heterocycles. The molecule has 0 bridgehead atoms. The summed E-state index contributed by atoms with van der Waals surface area (Å²) < 4.78 is 33.0. The predicted molar refractivity (Wildman–Crippen MR) is 204 cm³/mol. The van der Waals surface area contributed by atoms with Crippen LogP contribution in [0.4, 0.5) is 0 Å². The van der Waals surface area contributed by atoms with Crippen LogP contribution in [0.15, 0.2) is 0 Å². The monoisotopic (exact) mass is 842 g/mol. The maximum absolute atomic E-state index is 13.2. The molecule has 0 radical (unpaired) electrons. The maximum Gasteiger partial charge on any atom is 0.360 e. The van der Waals surface area contributed by atoms with E-state index in [0.29, 0.717) is 12.8 Å². The van der Waals surface area contributed by atoms with Crippen LogP contribution >= 0.6 is 0 Å². The van der Waals surface area contributed by atoms with Gasteiger partial charge in [-0.25, -0.2) is 0 Å². The summed E-state index contributed by atoms with van der Waals surface area (Å²) in [5, 5.41) is 114. The molecule has 3 fully saturated rings. The molecule has 3 aliphatic rings. The Morgan fingerprint density at radius 2 is 0.966 bits per heavy atom. The first kappa shape index (κ1) is 51.2. The first-order valence-corrected chi connectivity index (χ1v) is 21.7. The molecule has 0 amide bonds. The maximum atomic E-state index is 13.2. The Bertz CT molecular complexity index is 1100. The second-order valence-corrected chi connectivity index (χ2v) is 16.1. The molecule has 0 aromatic heterocycles. The van der Waals surface area contributed by atoms with Crippen LogP contribution in [0.25, 0.3) is 0 Å². The second-order valence-electron chi connectivity index (χ2n) is 16.1. The fourth-order valence-corrected chi connectivity index (χ4v) is 7.77. The lowest BCUT2D eigenvalue weighted by atomic mass is 9.95. The Kier molecular flexibility index (Phi) is 23.8. The molecule has 342 valence electrons. The Hall–Kier alpha value is -1.17. The molecule has 0 saturated carbocycles. The van der Waals surface area contributed by atoms with Crippen molar-refractivity contribution in [2.45, 2.75) is 227 Å². The highest BCUT2D eigenvalue weighted by Crippen LogP contribution is 2.38. The van der Waals surface area contributed by atoms with E-state index in [2.05, 4.69) is 6.92 Å². The number of ether oxygens (including phenoxy) is 6. The van der Waals surface area contributed by atoms with Crippen LogP contribution in [0.2, 0.25) is 0 Å². The zero-order valence-corrected chi connectivity index (χ0v) is 34.1. The van der Waals surface area contributed by atoms with Crippen LogP contribution in [0.1, 0.15) is 135 Å². The van der Waals surface area contributed by atoms with E-state index in [9.17, 15) is 61.0 Å². The average molecular weight is 843 g/mol. The van der Waals surface area contributed by atoms with E-state index in [-0.39, 0.29) is 6.42 Å². The molecule has 0 spiro atoms. The fourth-order valence-electron chi connectivity index (χ4n) is 7.77. The van der Waals surface area contributed by atoms with Crippen molar-refractivity contribution in [2.24, 2.45) is 0 Å². The molecule has 18 nitrogen and oxygen atoms in total. The first-order valence-electron chi connectivity index (χ1n) is 21.7. The van der Waals surface area contributed by atoms with Gasteiger partial charge in [0, 0.05) is 6.42 Å². The summed E-state index contributed by atoms with van der Waals surface area (Å²) in [6, 6.07) is 0. The van der Waals surface area contributed by atoms with E-state index in [0.717, 1.165) is 25.7 Å². The molecule has 0 aromatic rings.